The van der Waals surface area contributed by atoms with E-state index in [9.17, 15) is 4.79 Å². The predicted molar refractivity (Wildman–Crippen MR) is 117 cm³/mol. The summed E-state index contributed by atoms with van der Waals surface area (Å²) in [5, 5.41) is 3.51. The normalized spacial score (nSPS) is 22.7. The summed E-state index contributed by atoms with van der Waals surface area (Å²) in [6.07, 6.45) is 0. The van der Waals surface area contributed by atoms with Crippen molar-refractivity contribution in [3.05, 3.63) is 102 Å². The van der Waals surface area contributed by atoms with Gasteiger partial charge < -0.3 is 15.0 Å². The molecule has 2 aliphatic rings. The van der Waals surface area contributed by atoms with E-state index in [4.69, 9.17) is 4.74 Å². The average Bonchev–Trinajstić information content (AvgIpc) is 3.40. The molecule has 2 fully saturated rings. The number of hydrogen-bond acceptors (Lipinski definition) is 3. The van der Waals surface area contributed by atoms with Crippen LogP contribution >= 0.6 is 0 Å². The third kappa shape index (κ3) is 3.71. The van der Waals surface area contributed by atoms with Gasteiger partial charge in [0.2, 0.25) is 0 Å². The van der Waals surface area contributed by atoms with Crippen LogP contribution in [0.25, 0.3) is 0 Å². The Hall–Kier alpha value is -3.11. The lowest BCUT2D eigenvalue weighted by Gasteiger charge is -2.28. The third-order valence-electron chi connectivity index (χ3n) is 6.32. The molecule has 3 aromatic carbocycles. The molecule has 2 saturated heterocycles. The SMILES string of the molecule is O=C(c1ccc(COc2ccccc2)cc1)N1C[C@@H]2CNC[C@@H]2[C@H]1c1ccccc1. The molecule has 0 aromatic heterocycles. The van der Waals surface area contributed by atoms with Crippen molar-refractivity contribution in [1.82, 2.24) is 10.2 Å². The van der Waals surface area contributed by atoms with E-state index in [-0.39, 0.29) is 11.9 Å². The minimum atomic E-state index is 0.119. The molecular weight excluding hydrogens is 372 g/mol. The Balaban J connectivity index is 1.32. The fourth-order valence-corrected chi connectivity index (χ4v) is 4.80. The van der Waals surface area contributed by atoms with Gasteiger partial charge in [0.1, 0.15) is 12.4 Å². The lowest BCUT2D eigenvalue weighted by Crippen LogP contribution is -2.34. The summed E-state index contributed by atoms with van der Waals surface area (Å²) in [6.45, 7) is 3.27. The predicted octanol–water partition coefficient (Wildman–Crippen LogP) is 4.30. The van der Waals surface area contributed by atoms with E-state index in [0.717, 1.165) is 36.5 Å². The van der Waals surface area contributed by atoms with Gasteiger partial charge in [0.15, 0.2) is 0 Å². The molecule has 0 bridgehead atoms. The first-order valence-corrected chi connectivity index (χ1v) is 10.6. The first kappa shape index (κ1) is 18.9. The summed E-state index contributed by atoms with van der Waals surface area (Å²) in [6, 6.07) is 28.2. The molecule has 0 aliphatic carbocycles. The van der Waals surface area contributed by atoms with Gasteiger partial charge in [0.25, 0.3) is 5.91 Å². The summed E-state index contributed by atoms with van der Waals surface area (Å²) < 4.78 is 5.82. The van der Waals surface area contributed by atoms with Crippen molar-refractivity contribution in [1.29, 1.82) is 0 Å². The minimum absolute atomic E-state index is 0.119. The van der Waals surface area contributed by atoms with E-state index < -0.39 is 0 Å². The van der Waals surface area contributed by atoms with Gasteiger partial charge in [-0.15, -0.1) is 0 Å². The first-order valence-electron chi connectivity index (χ1n) is 10.6. The Morgan fingerprint density at radius 1 is 0.900 bits per heavy atom. The highest BCUT2D eigenvalue weighted by Gasteiger charge is 2.46. The highest BCUT2D eigenvalue weighted by atomic mass is 16.5. The van der Waals surface area contributed by atoms with Gasteiger partial charge in [0, 0.05) is 31.1 Å². The van der Waals surface area contributed by atoms with Crippen LogP contribution in [0.3, 0.4) is 0 Å². The van der Waals surface area contributed by atoms with Crippen LogP contribution in [-0.4, -0.2) is 30.4 Å². The maximum atomic E-state index is 13.4. The molecule has 2 heterocycles. The highest BCUT2D eigenvalue weighted by Crippen LogP contribution is 2.43. The molecule has 30 heavy (non-hydrogen) atoms. The molecule has 1 amide bonds. The van der Waals surface area contributed by atoms with Gasteiger partial charge in [-0.05, 0) is 41.3 Å². The molecule has 3 aromatic rings. The van der Waals surface area contributed by atoms with Crippen LogP contribution in [0, 0.1) is 11.8 Å². The van der Waals surface area contributed by atoms with E-state index in [1.165, 1.54) is 5.56 Å². The smallest absolute Gasteiger partial charge is 0.254 e. The quantitative estimate of drug-likeness (QED) is 0.697. The number of hydrogen-bond donors (Lipinski definition) is 1. The number of carbonyl (C=O) groups is 1. The topological polar surface area (TPSA) is 41.6 Å². The maximum absolute atomic E-state index is 13.4. The maximum Gasteiger partial charge on any atom is 0.254 e. The van der Waals surface area contributed by atoms with Gasteiger partial charge in [-0.25, -0.2) is 0 Å². The van der Waals surface area contributed by atoms with E-state index in [0.29, 0.717) is 18.4 Å². The summed E-state index contributed by atoms with van der Waals surface area (Å²) in [5.74, 6) is 1.97. The minimum Gasteiger partial charge on any atom is -0.489 e. The number of carbonyl (C=O) groups excluding carboxylic acids is 1. The highest BCUT2D eigenvalue weighted by molar-refractivity contribution is 5.94. The van der Waals surface area contributed by atoms with Gasteiger partial charge in [-0.1, -0.05) is 60.7 Å². The van der Waals surface area contributed by atoms with Crippen LogP contribution in [-0.2, 0) is 6.61 Å². The molecule has 4 nitrogen and oxygen atoms in total. The van der Waals surface area contributed by atoms with Crippen molar-refractivity contribution in [2.45, 2.75) is 12.6 Å². The Labute approximate surface area is 177 Å². The third-order valence-corrected chi connectivity index (χ3v) is 6.32. The summed E-state index contributed by atoms with van der Waals surface area (Å²) in [7, 11) is 0. The van der Waals surface area contributed by atoms with Crippen LogP contribution in [0.5, 0.6) is 5.75 Å². The summed E-state index contributed by atoms with van der Waals surface area (Å²) >= 11 is 0. The van der Waals surface area contributed by atoms with Crippen molar-refractivity contribution in [2.75, 3.05) is 19.6 Å². The number of likely N-dealkylation sites (tertiary alicyclic amines) is 1. The van der Waals surface area contributed by atoms with Gasteiger partial charge >= 0.3 is 0 Å². The average molecular weight is 399 g/mol. The lowest BCUT2D eigenvalue weighted by molar-refractivity contribution is 0.0714. The molecule has 2 aliphatic heterocycles. The van der Waals surface area contributed by atoms with Crippen LogP contribution < -0.4 is 10.1 Å². The second-order valence-corrected chi connectivity index (χ2v) is 8.19. The fraction of sp³-hybridized carbons (Fsp3) is 0.269. The largest absolute Gasteiger partial charge is 0.489 e. The molecule has 152 valence electrons. The van der Waals surface area contributed by atoms with Crippen LogP contribution in [0.15, 0.2) is 84.9 Å². The molecule has 0 radical (unpaired) electrons. The Morgan fingerprint density at radius 3 is 2.33 bits per heavy atom. The van der Waals surface area contributed by atoms with Gasteiger partial charge in [-0.3, -0.25) is 4.79 Å². The summed E-state index contributed by atoms with van der Waals surface area (Å²) in [4.78, 5) is 15.5. The number of nitrogens with one attached hydrogen (secondary N) is 1. The number of rotatable bonds is 5. The van der Waals surface area contributed by atoms with Crippen LogP contribution in [0.1, 0.15) is 27.5 Å². The Morgan fingerprint density at radius 2 is 1.60 bits per heavy atom. The number of benzene rings is 3. The van der Waals surface area contributed by atoms with Crippen LogP contribution in [0.4, 0.5) is 0 Å². The second kappa shape index (κ2) is 8.33. The zero-order valence-corrected chi connectivity index (χ0v) is 16.9. The van der Waals surface area contributed by atoms with Crippen LogP contribution in [0.2, 0.25) is 0 Å². The van der Waals surface area contributed by atoms with E-state index in [2.05, 4.69) is 34.5 Å². The first-order chi connectivity index (χ1) is 14.8. The number of amides is 1. The number of nitrogens with zero attached hydrogens (tertiary/aromatic N) is 1. The Kier molecular flexibility index (Phi) is 5.24. The molecule has 3 atom stereocenters. The second-order valence-electron chi connectivity index (χ2n) is 8.19. The van der Waals surface area contributed by atoms with Crippen molar-refractivity contribution in [2.24, 2.45) is 11.8 Å². The Bertz CT molecular complexity index is 989. The standard InChI is InChI=1S/C26H26N2O2/c29-26(21-13-11-19(12-14-21)18-30-23-9-5-2-6-10-23)28-17-22-15-27-16-24(22)25(28)20-7-3-1-4-8-20/h1-14,22,24-25,27H,15-18H2/t22-,24-,25+/m0/s1. The molecule has 1 N–H and O–H groups in total. The van der Waals surface area contributed by atoms with Crippen molar-refractivity contribution >= 4 is 5.91 Å². The molecule has 0 spiro atoms. The van der Waals surface area contributed by atoms with Gasteiger partial charge in [-0.2, -0.15) is 0 Å². The number of fused-ring (bicyclic) bond motifs is 1. The lowest BCUT2D eigenvalue weighted by atomic mass is 9.89. The number of para-hydroxylation sites is 1. The molecule has 5 rings (SSSR count). The molecule has 0 saturated carbocycles. The van der Waals surface area contributed by atoms with Crippen molar-refractivity contribution < 1.29 is 9.53 Å². The number of ether oxygens (including phenoxy) is 1. The molecular formula is C26H26N2O2. The van der Waals surface area contributed by atoms with E-state index >= 15 is 0 Å². The fourth-order valence-electron chi connectivity index (χ4n) is 4.80. The zero-order valence-electron chi connectivity index (χ0n) is 16.9. The zero-order chi connectivity index (χ0) is 20.3. The molecule has 4 heteroatoms. The monoisotopic (exact) mass is 398 g/mol. The van der Waals surface area contributed by atoms with E-state index in [1.54, 1.807) is 0 Å². The van der Waals surface area contributed by atoms with Gasteiger partial charge in [0.05, 0.1) is 6.04 Å². The molecule has 0 unspecified atom stereocenters. The van der Waals surface area contributed by atoms with E-state index in [1.807, 2.05) is 60.7 Å². The summed E-state index contributed by atoms with van der Waals surface area (Å²) in [5.41, 5.74) is 3.03. The van der Waals surface area contributed by atoms with Crippen molar-refractivity contribution in [3.8, 4) is 5.75 Å². The van der Waals surface area contributed by atoms with Crippen molar-refractivity contribution in [3.63, 3.8) is 0 Å².